The van der Waals surface area contributed by atoms with Crippen LogP contribution < -0.4 is 14.8 Å². The number of nitrogens with one attached hydrogen (secondary N) is 1. The van der Waals surface area contributed by atoms with Crippen molar-refractivity contribution >= 4 is 29.0 Å². The van der Waals surface area contributed by atoms with Crippen LogP contribution in [0.15, 0.2) is 47.4 Å². The second kappa shape index (κ2) is 8.05. The Morgan fingerprint density at radius 2 is 1.92 bits per heavy atom. The van der Waals surface area contributed by atoms with Gasteiger partial charge in [-0.3, -0.25) is 14.9 Å². The molecule has 0 saturated carbocycles. The van der Waals surface area contributed by atoms with E-state index < -0.39 is 11.1 Å². The largest absolute Gasteiger partial charge is 0.490 e. The number of thioether (sulfide) groups is 1. The van der Waals surface area contributed by atoms with E-state index in [1.165, 1.54) is 6.07 Å². The molecule has 1 aliphatic rings. The van der Waals surface area contributed by atoms with Crippen LogP contribution in [0.4, 0.5) is 9.18 Å². The van der Waals surface area contributed by atoms with Gasteiger partial charge in [0.1, 0.15) is 12.4 Å². The Bertz CT molecular complexity index is 882. The molecule has 1 aliphatic heterocycles. The first-order valence-corrected chi connectivity index (χ1v) is 8.76. The predicted molar refractivity (Wildman–Crippen MR) is 97.4 cm³/mol. The maximum atomic E-state index is 13.7. The molecule has 1 heterocycles. The molecule has 134 valence electrons. The SMILES string of the molecule is CCOc1cc(/C=C2/SC(=O)NC2=O)ccc1OCc1ccccc1F. The molecule has 7 heteroatoms. The number of carbonyl (C=O) groups is 2. The zero-order valence-corrected chi connectivity index (χ0v) is 14.8. The summed E-state index contributed by atoms with van der Waals surface area (Å²) in [5, 5.41) is 1.81. The average molecular weight is 373 g/mol. The Kier molecular flexibility index (Phi) is 5.58. The van der Waals surface area contributed by atoms with E-state index in [9.17, 15) is 14.0 Å². The predicted octanol–water partition coefficient (Wildman–Crippen LogP) is 4.13. The van der Waals surface area contributed by atoms with Gasteiger partial charge in [0, 0.05) is 5.56 Å². The first-order valence-electron chi connectivity index (χ1n) is 7.94. The van der Waals surface area contributed by atoms with Gasteiger partial charge in [-0.15, -0.1) is 0 Å². The van der Waals surface area contributed by atoms with Crippen LogP contribution in [-0.4, -0.2) is 17.8 Å². The van der Waals surface area contributed by atoms with Crippen LogP contribution >= 0.6 is 11.8 Å². The molecule has 0 spiro atoms. The number of carbonyl (C=O) groups excluding carboxylic acids is 2. The third-order valence-electron chi connectivity index (χ3n) is 3.55. The Morgan fingerprint density at radius 1 is 1.12 bits per heavy atom. The highest BCUT2D eigenvalue weighted by atomic mass is 32.2. The summed E-state index contributed by atoms with van der Waals surface area (Å²) in [5.41, 5.74) is 1.14. The number of hydrogen-bond acceptors (Lipinski definition) is 5. The Balaban J connectivity index is 1.80. The molecule has 0 radical (unpaired) electrons. The topological polar surface area (TPSA) is 64.6 Å². The van der Waals surface area contributed by atoms with E-state index in [1.54, 1.807) is 42.5 Å². The number of ether oxygens (including phenoxy) is 2. The number of rotatable bonds is 6. The van der Waals surface area contributed by atoms with Gasteiger partial charge in [-0.25, -0.2) is 4.39 Å². The minimum atomic E-state index is -0.419. The van der Waals surface area contributed by atoms with Crippen molar-refractivity contribution in [3.63, 3.8) is 0 Å². The van der Waals surface area contributed by atoms with Gasteiger partial charge in [0.15, 0.2) is 11.5 Å². The average Bonchev–Trinajstić information content (AvgIpc) is 2.93. The molecule has 0 bridgehead atoms. The quantitative estimate of drug-likeness (QED) is 0.772. The van der Waals surface area contributed by atoms with Gasteiger partial charge >= 0.3 is 0 Å². The van der Waals surface area contributed by atoms with E-state index in [0.29, 0.717) is 34.1 Å². The lowest BCUT2D eigenvalue weighted by molar-refractivity contribution is -0.115. The molecule has 3 rings (SSSR count). The first kappa shape index (κ1) is 18.0. The highest BCUT2D eigenvalue weighted by Crippen LogP contribution is 2.32. The minimum Gasteiger partial charge on any atom is -0.490 e. The van der Waals surface area contributed by atoms with Crippen LogP contribution in [-0.2, 0) is 11.4 Å². The highest BCUT2D eigenvalue weighted by Gasteiger charge is 2.25. The Hall–Kier alpha value is -2.80. The third kappa shape index (κ3) is 4.23. The lowest BCUT2D eigenvalue weighted by Gasteiger charge is -2.13. The van der Waals surface area contributed by atoms with Crippen LogP contribution in [0.1, 0.15) is 18.1 Å². The van der Waals surface area contributed by atoms with Crippen molar-refractivity contribution in [1.82, 2.24) is 5.32 Å². The van der Waals surface area contributed by atoms with Gasteiger partial charge in [-0.1, -0.05) is 24.3 Å². The molecular formula is C19H16FNO4S. The molecule has 0 aromatic heterocycles. The summed E-state index contributed by atoms with van der Waals surface area (Å²) in [7, 11) is 0. The summed E-state index contributed by atoms with van der Waals surface area (Å²) in [6.07, 6.45) is 1.61. The maximum Gasteiger partial charge on any atom is 0.290 e. The van der Waals surface area contributed by atoms with Gasteiger partial charge in [0.25, 0.3) is 11.1 Å². The van der Waals surface area contributed by atoms with Crippen LogP contribution in [0.2, 0.25) is 0 Å². The molecule has 2 aromatic carbocycles. The fourth-order valence-electron chi connectivity index (χ4n) is 2.35. The number of imide groups is 1. The van der Waals surface area contributed by atoms with E-state index in [4.69, 9.17) is 9.47 Å². The van der Waals surface area contributed by atoms with Crippen molar-refractivity contribution in [2.45, 2.75) is 13.5 Å². The molecule has 26 heavy (non-hydrogen) atoms. The molecule has 2 amide bonds. The lowest BCUT2D eigenvalue weighted by Crippen LogP contribution is -2.17. The molecule has 0 unspecified atom stereocenters. The minimum absolute atomic E-state index is 0.0694. The van der Waals surface area contributed by atoms with Crippen LogP contribution in [0.3, 0.4) is 0 Å². The lowest BCUT2D eigenvalue weighted by atomic mass is 10.1. The smallest absolute Gasteiger partial charge is 0.290 e. The van der Waals surface area contributed by atoms with Gasteiger partial charge in [-0.05, 0) is 48.5 Å². The Morgan fingerprint density at radius 3 is 2.62 bits per heavy atom. The summed E-state index contributed by atoms with van der Waals surface area (Å²) in [6.45, 7) is 2.33. The summed E-state index contributed by atoms with van der Waals surface area (Å²) in [5.74, 6) is 0.198. The van der Waals surface area contributed by atoms with Crippen molar-refractivity contribution in [2.24, 2.45) is 0 Å². The zero-order valence-electron chi connectivity index (χ0n) is 14.0. The summed E-state index contributed by atoms with van der Waals surface area (Å²) in [6, 6.07) is 11.5. The number of amides is 2. The van der Waals surface area contributed by atoms with E-state index in [2.05, 4.69) is 5.32 Å². The maximum absolute atomic E-state index is 13.7. The second-order valence-corrected chi connectivity index (χ2v) is 6.39. The van der Waals surface area contributed by atoms with E-state index in [0.717, 1.165) is 11.8 Å². The molecule has 0 atom stereocenters. The standard InChI is InChI=1S/C19H16FNO4S/c1-2-24-16-9-12(10-17-18(22)21-19(23)26-17)7-8-15(16)25-11-13-5-3-4-6-14(13)20/h3-10H,2,11H2,1H3,(H,21,22,23)/b17-10+. The van der Waals surface area contributed by atoms with Crippen LogP contribution in [0.25, 0.3) is 6.08 Å². The van der Waals surface area contributed by atoms with Crippen LogP contribution in [0.5, 0.6) is 11.5 Å². The molecule has 0 aliphatic carbocycles. The van der Waals surface area contributed by atoms with E-state index in [-0.39, 0.29) is 12.4 Å². The van der Waals surface area contributed by atoms with Gasteiger partial charge in [-0.2, -0.15) is 0 Å². The number of benzene rings is 2. The Labute approximate surface area is 154 Å². The van der Waals surface area contributed by atoms with Crippen molar-refractivity contribution in [3.05, 3.63) is 64.3 Å². The molecule has 1 saturated heterocycles. The molecule has 1 N–H and O–H groups in total. The van der Waals surface area contributed by atoms with Gasteiger partial charge in [0.05, 0.1) is 11.5 Å². The van der Waals surface area contributed by atoms with Crippen molar-refractivity contribution in [2.75, 3.05) is 6.61 Å². The summed E-state index contributed by atoms with van der Waals surface area (Å²) in [4.78, 5) is 23.2. The van der Waals surface area contributed by atoms with Gasteiger partial charge < -0.3 is 9.47 Å². The van der Waals surface area contributed by atoms with Crippen molar-refractivity contribution in [1.29, 1.82) is 0 Å². The van der Waals surface area contributed by atoms with Gasteiger partial charge in [0.2, 0.25) is 0 Å². The highest BCUT2D eigenvalue weighted by molar-refractivity contribution is 8.18. The van der Waals surface area contributed by atoms with Crippen molar-refractivity contribution in [3.8, 4) is 11.5 Å². The van der Waals surface area contributed by atoms with E-state index >= 15 is 0 Å². The molecule has 1 fully saturated rings. The van der Waals surface area contributed by atoms with E-state index in [1.807, 2.05) is 6.92 Å². The summed E-state index contributed by atoms with van der Waals surface area (Å²) >= 11 is 0.849. The van der Waals surface area contributed by atoms with Crippen molar-refractivity contribution < 1.29 is 23.5 Å². The fourth-order valence-corrected chi connectivity index (χ4v) is 3.03. The number of halogens is 1. The zero-order chi connectivity index (χ0) is 18.5. The normalized spacial score (nSPS) is 15.2. The fraction of sp³-hybridized carbons (Fsp3) is 0.158. The number of hydrogen-bond donors (Lipinski definition) is 1. The third-order valence-corrected chi connectivity index (χ3v) is 4.36. The summed E-state index contributed by atoms with van der Waals surface area (Å²) < 4.78 is 25.0. The van der Waals surface area contributed by atoms with Crippen LogP contribution in [0, 0.1) is 5.82 Å². The molecule has 2 aromatic rings. The monoisotopic (exact) mass is 373 g/mol. The molecular weight excluding hydrogens is 357 g/mol. The first-order chi connectivity index (χ1) is 12.6. The molecule has 5 nitrogen and oxygen atoms in total. The second-order valence-electron chi connectivity index (χ2n) is 5.37.